The van der Waals surface area contributed by atoms with Crippen molar-refractivity contribution in [1.29, 1.82) is 0 Å². The van der Waals surface area contributed by atoms with Crippen molar-refractivity contribution in [2.24, 2.45) is 0 Å². The summed E-state index contributed by atoms with van der Waals surface area (Å²) in [6.07, 6.45) is 2.18. The summed E-state index contributed by atoms with van der Waals surface area (Å²) in [5.74, 6) is 1.61. The van der Waals surface area contributed by atoms with Gasteiger partial charge in [-0.1, -0.05) is 103 Å². The minimum absolute atomic E-state index is 0.806. The van der Waals surface area contributed by atoms with Gasteiger partial charge in [-0.15, -0.1) is 21.5 Å². The van der Waals surface area contributed by atoms with Crippen molar-refractivity contribution in [2.45, 2.75) is 0 Å². The second kappa shape index (κ2) is 11.4. The first-order chi connectivity index (χ1) is 25.8. The predicted octanol–water partition coefficient (Wildman–Crippen LogP) is 12.0. The van der Waals surface area contributed by atoms with Gasteiger partial charge in [-0.25, -0.2) is 0 Å². The van der Waals surface area contributed by atoms with E-state index in [9.17, 15) is 0 Å². The number of hydrogen-bond acceptors (Lipinski definition) is 3. The standard InChI is InChI=1S/C46H29N5S/c1-4-12-30(13-5-1)45-47-48-46(31-14-6-2-7-15-31)51(45)35-22-20-34(21-23-35)50-40-28-32-26-27-49(33-16-8-3-9-17-33)39(32)29-38(40)36-24-25-42-43(44(36)50)37-18-10-11-19-41(37)52-42/h1-29H. The van der Waals surface area contributed by atoms with Gasteiger partial charge in [-0.2, -0.15) is 0 Å². The molecule has 52 heavy (non-hydrogen) atoms. The maximum absolute atomic E-state index is 4.71. The van der Waals surface area contributed by atoms with Crippen molar-refractivity contribution in [3.63, 3.8) is 0 Å². The lowest BCUT2D eigenvalue weighted by molar-refractivity contribution is 1.07. The first kappa shape index (κ1) is 29.0. The van der Waals surface area contributed by atoms with Gasteiger partial charge in [0.25, 0.3) is 0 Å². The number of thiophene rings is 1. The zero-order valence-electron chi connectivity index (χ0n) is 27.9. The number of nitrogens with zero attached hydrogens (tertiary/aromatic N) is 5. The summed E-state index contributed by atoms with van der Waals surface area (Å²) >= 11 is 1.86. The fourth-order valence-electron chi connectivity index (χ4n) is 7.85. The van der Waals surface area contributed by atoms with Crippen LogP contribution >= 0.6 is 11.3 Å². The molecule has 0 saturated heterocycles. The van der Waals surface area contributed by atoms with E-state index in [-0.39, 0.29) is 0 Å². The number of rotatable bonds is 5. The summed E-state index contributed by atoms with van der Waals surface area (Å²) in [5.41, 5.74) is 8.89. The van der Waals surface area contributed by atoms with Gasteiger partial charge in [0.1, 0.15) is 0 Å². The second-order valence-electron chi connectivity index (χ2n) is 13.1. The fraction of sp³-hybridized carbons (Fsp3) is 0. The normalized spacial score (nSPS) is 11.8. The molecule has 0 atom stereocenters. The molecule has 0 saturated carbocycles. The van der Waals surface area contributed by atoms with E-state index in [1.807, 2.05) is 47.7 Å². The van der Waals surface area contributed by atoms with Crippen LogP contribution in [0, 0.1) is 0 Å². The minimum Gasteiger partial charge on any atom is -0.317 e. The molecule has 0 aliphatic heterocycles. The lowest BCUT2D eigenvalue weighted by Gasteiger charge is -2.14. The van der Waals surface area contributed by atoms with Gasteiger partial charge in [-0.05, 0) is 66.7 Å². The molecule has 0 spiro atoms. The quantitative estimate of drug-likeness (QED) is 0.181. The van der Waals surface area contributed by atoms with E-state index in [2.05, 4.69) is 153 Å². The highest BCUT2D eigenvalue weighted by Gasteiger charge is 2.21. The molecule has 0 unspecified atom stereocenters. The topological polar surface area (TPSA) is 40.6 Å². The van der Waals surface area contributed by atoms with Crippen molar-refractivity contribution < 1.29 is 0 Å². The molecule has 5 nitrogen and oxygen atoms in total. The lowest BCUT2D eigenvalue weighted by Crippen LogP contribution is -2.01. The number of hydrogen-bond donors (Lipinski definition) is 0. The monoisotopic (exact) mass is 683 g/mol. The van der Waals surface area contributed by atoms with Crippen LogP contribution in [0.5, 0.6) is 0 Å². The summed E-state index contributed by atoms with van der Waals surface area (Å²) in [6.45, 7) is 0. The van der Waals surface area contributed by atoms with Gasteiger partial charge in [0.2, 0.25) is 0 Å². The third kappa shape index (κ3) is 4.35. The molecule has 4 aromatic heterocycles. The Kier molecular flexibility index (Phi) is 6.35. The van der Waals surface area contributed by atoms with Crippen LogP contribution in [0.1, 0.15) is 0 Å². The maximum atomic E-state index is 4.71. The maximum Gasteiger partial charge on any atom is 0.168 e. The Labute approximate surface area is 302 Å². The van der Waals surface area contributed by atoms with Crippen molar-refractivity contribution in [1.82, 2.24) is 23.9 Å². The van der Waals surface area contributed by atoms with Crippen LogP contribution < -0.4 is 0 Å². The number of aromatic nitrogens is 5. The molecule has 0 fully saturated rings. The van der Waals surface area contributed by atoms with Gasteiger partial charge in [-0.3, -0.25) is 4.57 Å². The van der Waals surface area contributed by atoms with Gasteiger partial charge in [0, 0.05) is 70.7 Å². The highest BCUT2D eigenvalue weighted by molar-refractivity contribution is 7.26. The van der Waals surface area contributed by atoms with Crippen LogP contribution in [0.25, 0.3) is 92.7 Å². The van der Waals surface area contributed by atoms with Gasteiger partial charge in [0.05, 0.1) is 16.6 Å². The molecule has 7 aromatic carbocycles. The predicted molar refractivity (Wildman–Crippen MR) is 216 cm³/mol. The molecule has 0 bridgehead atoms. The molecular weight excluding hydrogens is 655 g/mol. The summed E-state index contributed by atoms with van der Waals surface area (Å²) < 4.78 is 9.52. The SMILES string of the molecule is c1ccc(-c2nnc(-c3ccccc3)n2-c2ccc(-n3c4cc5ccn(-c6ccccc6)c5cc4c4ccc5sc6ccccc6c5c43)cc2)cc1. The Morgan fingerprint density at radius 1 is 0.423 bits per heavy atom. The van der Waals surface area contributed by atoms with E-state index < -0.39 is 0 Å². The molecule has 0 radical (unpaired) electrons. The smallest absolute Gasteiger partial charge is 0.168 e. The van der Waals surface area contributed by atoms with E-state index in [0.717, 1.165) is 39.8 Å². The molecule has 0 N–H and O–H groups in total. The van der Waals surface area contributed by atoms with Crippen LogP contribution in [0.4, 0.5) is 0 Å². The van der Waals surface area contributed by atoms with Crippen LogP contribution in [0.2, 0.25) is 0 Å². The van der Waals surface area contributed by atoms with E-state index in [1.54, 1.807) is 0 Å². The highest BCUT2D eigenvalue weighted by atomic mass is 32.1. The summed E-state index contributed by atoms with van der Waals surface area (Å²) in [4.78, 5) is 0. The number of para-hydroxylation sites is 1. The molecule has 0 aliphatic carbocycles. The fourth-order valence-corrected chi connectivity index (χ4v) is 8.96. The zero-order valence-corrected chi connectivity index (χ0v) is 28.7. The van der Waals surface area contributed by atoms with Crippen molar-refractivity contribution in [3.8, 4) is 39.8 Å². The van der Waals surface area contributed by atoms with Crippen molar-refractivity contribution in [2.75, 3.05) is 0 Å². The Bertz CT molecular complexity index is 3040. The van der Waals surface area contributed by atoms with Crippen LogP contribution in [-0.4, -0.2) is 23.9 Å². The Hall–Kier alpha value is -6.76. The lowest BCUT2D eigenvalue weighted by atomic mass is 10.1. The first-order valence-corrected chi connectivity index (χ1v) is 18.2. The Morgan fingerprint density at radius 3 is 1.73 bits per heavy atom. The molecule has 11 rings (SSSR count). The average Bonchev–Trinajstić information content (AvgIpc) is 4.00. The average molecular weight is 684 g/mol. The van der Waals surface area contributed by atoms with Gasteiger partial charge < -0.3 is 9.13 Å². The van der Waals surface area contributed by atoms with Crippen molar-refractivity contribution in [3.05, 3.63) is 176 Å². The Balaban J connectivity index is 1.17. The molecule has 0 aliphatic rings. The minimum atomic E-state index is 0.806. The van der Waals surface area contributed by atoms with Crippen molar-refractivity contribution >= 4 is 64.2 Å². The highest BCUT2D eigenvalue weighted by Crippen LogP contribution is 2.44. The molecule has 244 valence electrons. The Morgan fingerprint density at radius 2 is 1.04 bits per heavy atom. The van der Waals surface area contributed by atoms with Crippen LogP contribution in [-0.2, 0) is 0 Å². The number of fused-ring (bicyclic) bond motifs is 8. The van der Waals surface area contributed by atoms with Crippen LogP contribution in [0.3, 0.4) is 0 Å². The molecule has 11 aromatic rings. The van der Waals surface area contributed by atoms with E-state index >= 15 is 0 Å². The largest absolute Gasteiger partial charge is 0.317 e. The van der Waals surface area contributed by atoms with E-state index in [0.29, 0.717) is 0 Å². The zero-order chi connectivity index (χ0) is 34.2. The number of benzene rings is 7. The third-order valence-electron chi connectivity index (χ3n) is 10.2. The van der Waals surface area contributed by atoms with Gasteiger partial charge >= 0.3 is 0 Å². The third-order valence-corrected chi connectivity index (χ3v) is 11.3. The summed E-state index contributed by atoms with van der Waals surface area (Å²) in [5, 5.41) is 15.7. The summed E-state index contributed by atoms with van der Waals surface area (Å²) in [6, 6.07) is 60.4. The van der Waals surface area contributed by atoms with E-state index in [4.69, 9.17) is 10.2 Å². The molecular formula is C46H29N5S. The molecule has 0 amide bonds. The molecule has 4 heterocycles. The molecule has 6 heteroatoms. The summed E-state index contributed by atoms with van der Waals surface area (Å²) in [7, 11) is 0. The van der Waals surface area contributed by atoms with Crippen LogP contribution in [0.15, 0.2) is 176 Å². The van der Waals surface area contributed by atoms with Gasteiger partial charge in [0.15, 0.2) is 11.6 Å². The first-order valence-electron chi connectivity index (χ1n) is 17.4. The second-order valence-corrected chi connectivity index (χ2v) is 14.2. The van der Waals surface area contributed by atoms with E-state index in [1.165, 1.54) is 52.9 Å².